The average molecular weight is 491 g/mol. The van der Waals surface area contributed by atoms with Crippen molar-refractivity contribution in [2.24, 2.45) is 5.92 Å². The predicted molar refractivity (Wildman–Crippen MR) is 129 cm³/mol. The van der Waals surface area contributed by atoms with Crippen LogP contribution in [0.1, 0.15) is 6.42 Å². The summed E-state index contributed by atoms with van der Waals surface area (Å²) in [5.41, 5.74) is 1.66. The zero-order chi connectivity index (χ0) is 23.4. The van der Waals surface area contributed by atoms with E-state index in [-0.39, 0.29) is 30.5 Å². The Bertz CT molecular complexity index is 1100. The Morgan fingerprint density at radius 2 is 1.67 bits per heavy atom. The van der Waals surface area contributed by atoms with Gasteiger partial charge in [0.05, 0.1) is 22.4 Å². The maximum Gasteiger partial charge on any atom is 0.227 e. The Kier molecular flexibility index (Phi) is 7.21. The van der Waals surface area contributed by atoms with E-state index in [0.29, 0.717) is 37.7 Å². The minimum absolute atomic E-state index is 0.0158. The smallest absolute Gasteiger partial charge is 0.227 e. The lowest BCUT2D eigenvalue weighted by Crippen LogP contribution is -2.50. The molecule has 1 atom stereocenters. The van der Waals surface area contributed by atoms with Crippen LogP contribution in [0.3, 0.4) is 0 Å². The topological polar surface area (TPSA) is 90.0 Å². The number of amides is 2. The van der Waals surface area contributed by atoms with Gasteiger partial charge in [0.1, 0.15) is 0 Å². The largest absolute Gasteiger partial charge is 0.368 e. The van der Waals surface area contributed by atoms with E-state index in [0.717, 1.165) is 11.4 Å². The van der Waals surface area contributed by atoms with Crippen LogP contribution in [0.4, 0.5) is 11.4 Å². The summed E-state index contributed by atoms with van der Waals surface area (Å²) in [5, 5.41) is 3.35. The zero-order valence-corrected chi connectivity index (χ0v) is 19.8. The van der Waals surface area contributed by atoms with E-state index in [1.165, 1.54) is 4.31 Å². The molecule has 33 heavy (non-hydrogen) atoms. The highest BCUT2D eigenvalue weighted by molar-refractivity contribution is 7.89. The SMILES string of the molecule is O=C(NCCS(=O)(=O)N1CCN(c2ccccc2Cl)CC1)C1CC(=O)N(c2ccccc2)C1. The molecular formula is C23H27ClN4O4S. The van der Waals surface area contributed by atoms with E-state index in [1.54, 1.807) is 4.90 Å². The Hall–Kier alpha value is -2.62. The summed E-state index contributed by atoms with van der Waals surface area (Å²) < 4.78 is 27.0. The Labute approximate surface area is 199 Å². The van der Waals surface area contributed by atoms with Crippen LogP contribution in [0, 0.1) is 5.92 Å². The van der Waals surface area contributed by atoms with Gasteiger partial charge in [-0.25, -0.2) is 8.42 Å². The molecule has 4 rings (SSSR count). The number of benzene rings is 2. The van der Waals surface area contributed by atoms with Crippen molar-refractivity contribution in [3.8, 4) is 0 Å². The second-order valence-corrected chi connectivity index (χ2v) is 10.7. The fourth-order valence-corrected chi connectivity index (χ4v) is 5.83. The monoisotopic (exact) mass is 490 g/mol. The molecule has 0 aromatic heterocycles. The molecule has 0 spiro atoms. The highest BCUT2D eigenvalue weighted by atomic mass is 35.5. The first kappa shape index (κ1) is 23.5. The maximum absolute atomic E-state index is 12.8. The van der Waals surface area contributed by atoms with Gasteiger partial charge in [-0.3, -0.25) is 9.59 Å². The molecule has 2 aromatic rings. The summed E-state index contributed by atoms with van der Waals surface area (Å²) in [6.45, 7) is 2.15. The lowest BCUT2D eigenvalue weighted by molar-refractivity contribution is -0.126. The van der Waals surface area contributed by atoms with Crippen molar-refractivity contribution in [1.82, 2.24) is 9.62 Å². The van der Waals surface area contributed by atoms with Gasteiger partial charge in [-0.15, -0.1) is 0 Å². The predicted octanol–water partition coefficient (Wildman–Crippen LogP) is 1.96. The number of nitrogens with one attached hydrogen (secondary N) is 1. The maximum atomic E-state index is 12.8. The number of hydrogen-bond acceptors (Lipinski definition) is 5. The first-order valence-electron chi connectivity index (χ1n) is 11.0. The number of hydrogen-bond donors (Lipinski definition) is 1. The molecule has 0 saturated carbocycles. The van der Waals surface area contributed by atoms with Gasteiger partial charge in [-0.05, 0) is 24.3 Å². The normalized spacial score (nSPS) is 19.7. The standard InChI is InChI=1S/C23H27ClN4O4S/c24-20-8-4-5-9-21(20)26-11-13-27(14-12-26)33(31,32)15-10-25-23(30)18-16-22(29)28(17-18)19-6-2-1-3-7-19/h1-9,18H,10-17H2,(H,25,30). The third-order valence-corrected chi connectivity index (χ3v) is 8.24. The highest BCUT2D eigenvalue weighted by Crippen LogP contribution is 2.27. The van der Waals surface area contributed by atoms with Crippen LogP contribution in [-0.2, 0) is 19.6 Å². The molecule has 2 fully saturated rings. The molecular weight excluding hydrogens is 464 g/mol. The number of carbonyl (C=O) groups excluding carboxylic acids is 2. The second kappa shape index (κ2) is 10.1. The first-order chi connectivity index (χ1) is 15.8. The number of halogens is 1. The van der Waals surface area contributed by atoms with Crippen LogP contribution in [0.5, 0.6) is 0 Å². The van der Waals surface area contributed by atoms with Crippen molar-refractivity contribution < 1.29 is 18.0 Å². The van der Waals surface area contributed by atoms with E-state index in [9.17, 15) is 18.0 Å². The summed E-state index contributed by atoms with van der Waals surface area (Å²) in [6.07, 6.45) is 0.123. The van der Waals surface area contributed by atoms with E-state index in [2.05, 4.69) is 10.2 Å². The van der Waals surface area contributed by atoms with Crippen molar-refractivity contribution in [3.63, 3.8) is 0 Å². The summed E-state index contributed by atoms with van der Waals surface area (Å²) in [5.74, 6) is -1.06. The molecule has 10 heteroatoms. The molecule has 2 amide bonds. The van der Waals surface area contributed by atoms with Crippen LogP contribution < -0.4 is 15.1 Å². The van der Waals surface area contributed by atoms with Gasteiger partial charge in [0.15, 0.2) is 0 Å². The molecule has 2 heterocycles. The molecule has 0 aliphatic carbocycles. The number of nitrogens with zero attached hydrogens (tertiary/aromatic N) is 3. The van der Waals surface area contributed by atoms with E-state index in [1.807, 2.05) is 54.6 Å². The summed E-state index contributed by atoms with van der Waals surface area (Å²) >= 11 is 6.25. The highest BCUT2D eigenvalue weighted by Gasteiger charge is 2.35. The van der Waals surface area contributed by atoms with Crippen LogP contribution in [0.2, 0.25) is 5.02 Å². The van der Waals surface area contributed by atoms with Crippen LogP contribution in [0.25, 0.3) is 0 Å². The van der Waals surface area contributed by atoms with Crippen molar-refractivity contribution >= 4 is 44.8 Å². The van der Waals surface area contributed by atoms with Crippen LogP contribution in [0.15, 0.2) is 54.6 Å². The zero-order valence-electron chi connectivity index (χ0n) is 18.2. The number of carbonyl (C=O) groups is 2. The number of sulfonamides is 1. The van der Waals surface area contributed by atoms with Gasteiger partial charge in [0.2, 0.25) is 21.8 Å². The fourth-order valence-electron chi connectivity index (χ4n) is 4.23. The molecule has 2 aliphatic rings. The minimum Gasteiger partial charge on any atom is -0.368 e. The Morgan fingerprint density at radius 1 is 1.00 bits per heavy atom. The molecule has 1 N–H and O–H groups in total. The molecule has 1 unspecified atom stereocenters. The van der Waals surface area contributed by atoms with E-state index < -0.39 is 15.9 Å². The molecule has 176 valence electrons. The van der Waals surface area contributed by atoms with Crippen molar-refractivity contribution in [3.05, 3.63) is 59.6 Å². The van der Waals surface area contributed by atoms with Gasteiger partial charge in [-0.2, -0.15) is 4.31 Å². The fraction of sp³-hybridized carbons (Fsp3) is 0.391. The van der Waals surface area contributed by atoms with Gasteiger partial charge in [0.25, 0.3) is 0 Å². The Morgan fingerprint density at radius 3 is 2.36 bits per heavy atom. The van der Waals surface area contributed by atoms with E-state index in [4.69, 9.17) is 11.6 Å². The number of para-hydroxylation sites is 2. The molecule has 0 radical (unpaired) electrons. The number of anilines is 2. The van der Waals surface area contributed by atoms with E-state index >= 15 is 0 Å². The van der Waals surface area contributed by atoms with Gasteiger partial charge >= 0.3 is 0 Å². The number of rotatable bonds is 7. The molecule has 8 nitrogen and oxygen atoms in total. The summed E-state index contributed by atoms with van der Waals surface area (Å²) in [4.78, 5) is 28.5. The van der Waals surface area contributed by atoms with Gasteiger partial charge in [0, 0.05) is 51.4 Å². The summed E-state index contributed by atoms with van der Waals surface area (Å²) in [6, 6.07) is 16.7. The lowest BCUT2D eigenvalue weighted by Gasteiger charge is -2.35. The third kappa shape index (κ3) is 5.48. The average Bonchev–Trinajstić information content (AvgIpc) is 3.22. The molecule has 2 saturated heterocycles. The number of piperazine rings is 1. The van der Waals surface area contributed by atoms with Crippen molar-refractivity contribution in [2.45, 2.75) is 6.42 Å². The molecule has 2 aliphatic heterocycles. The minimum atomic E-state index is -3.50. The molecule has 2 aromatic carbocycles. The third-order valence-electron chi connectivity index (χ3n) is 6.05. The quantitative estimate of drug-likeness (QED) is 0.640. The lowest BCUT2D eigenvalue weighted by atomic mass is 10.1. The van der Waals surface area contributed by atoms with Crippen LogP contribution >= 0.6 is 11.6 Å². The summed E-state index contributed by atoms with van der Waals surface area (Å²) in [7, 11) is -3.50. The van der Waals surface area contributed by atoms with Gasteiger partial charge < -0.3 is 15.1 Å². The van der Waals surface area contributed by atoms with Crippen LogP contribution in [-0.4, -0.2) is 69.6 Å². The van der Waals surface area contributed by atoms with Crippen molar-refractivity contribution in [2.75, 3.05) is 54.8 Å². The second-order valence-electron chi connectivity index (χ2n) is 8.19. The first-order valence-corrected chi connectivity index (χ1v) is 12.9. The van der Waals surface area contributed by atoms with Gasteiger partial charge in [-0.1, -0.05) is 41.9 Å². The molecule has 0 bridgehead atoms. The Balaban J connectivity index is 1.24. The van der Waals surface area contributed by atoms with Crippen molar-refractivity contribution in [1.29, 1.82) is 0 Å².